The van der Waals surface area contributed by atoms with E-state index in [9.17, 15) is 79.4 Å². The summed E-state index contributed by atoms with van der Waals surface area (Å²) < 4.78 is 219. The molecular formula is C15H13F17O4. The van der Waals surface area contributed by atoms with Crippen molar-refractivity contribution in [3.63, 3.8) is 0 Å². The van der Waals surface area contributed by atoms with Gasteiger partial charge in [0, 0.05) is 12.0 Å². The van der Waals surface area contributed by atoms with Crippen LogP contribution >= 0.6 is 0 Å². The van der Waals surface area contributed by atoms with Crippen LogP contribution in [0.1, 0.15) is 13.3 Å². The molecular weight excluding hydrogens is 567 g/mol. The van der Waals surface area contributed by atoms with E-state index in [1.807, 2.05) is 0 Å². The summed E-state index contributed by atoms with van der Waals surface area (Å²) >= 11 is 0. The van der Waals surface area contributed by atoms with Crippen molar-refractivity contribution >= 4 is 5.97 Å². The first-order chi connectivity index (χ1) is 15.3. The Morgan fingerprint density at radius 3 is 1.14 bits per heavy atom. The van der Waals surface area contributed by atoms with E-state index in [1.165, 1.54) is 6.92 Å². The molecule has 0 aromatic rings. The molecule has 0 aromatic carbocycles. The summed E-state index contributed by atoms with van der Waals surface area (Å²) in [6.45, 7) is 2.68. The van der Waals surface area contributed by atoms with Gasteiger partial charge in [0.25, 0.3) is 0 Å². The highest BCUT2D eigenvalue weighted by Gasteiger charge is 2.95. The molecule has 0 amide bonds. The zero-order valence-corrected chi connectivity index (χ0v) is 16.9. The van der Waals surface area contributed by atoms with Gasteiger partial charge in [0.2, 0.25) is 0 Å². The summed E-state index contributed by atoms with van der Waals surface area (Å²) in [6, 6.07) is 0. The van der Waals surface area contributed by atoms with Crippen molar-refractivity contribution in [2.45, 2.75) is 67.1 Å². The highest BCUT2D eigenvalue weighted by atomic mass is 19.4. The van der Waals surface area contributed by atoms with Crippen LogP contribution in [0, 0.1) is 0 Å². The third-order valence-corrected chi connectivity index (χ3v) is 3.85. The second-order valence-electron chi connectivity index (χ2n) is 6.77. The highest BCUT2D eigenvalue weighted by molar-refractivity contribution is 5.84. The van der Waals surface area contributed by atoms with E-state index in [1.54, 1.807) is 0 Å². The lowest BCUT2D eigenvalue weighted by Crippen LogP contribution is -2.74. The Labute approximate surface area is 188 Å². The van der Waals surface area contributed by atoms with Crippen molar-refractivity contribution in [2.24, 2.45) is 0 Å². The zero-order chi connectivity index (χ0) is 30.1. The topological polar surface area (TPSA) is 77.8 Å². The maximum Gasteiger partial charge on any atom is 0.460 e. The number of halogens is 17. The Morgan fingerprint density at radius 2 is 0.917 bits per heavy atom. The quantitative estimate of drug-likeness (QED) is 0.240. The van der Waals surface area contributed by atoms with Gasteiger partial charge in [-0.3, -0.25) is 0 Å². The minimum Gasteiger partial charge on any atom is -0.478 e. The molecule has 1 atom stereocenters. The fourth-order valence-corrected chi connectivity index (χ4v) is 1.69. The van der Waals surface area contributed by atoms with E-state index in [4.69, 9.17) is 15.3 Å². The lowest BCUT2D eigenvalue weighted by atomic mass is 9.88. The summed E-state index contributed by atoms with van der Waals surface area (Å²) in [5.74, 6) is -57.9. The highest BCUT2D eigenvalue weighted by Crippen LogP contribution is 2.64. The van der Waals surface area contributed by atoms with Gasteiger partial charge in [-0.15, -0.1) is 0 Å². The molecule has 0 spiro atoms. The molecule has 0 bridgehead atoms. The first-order valence-corrected chi connectivity index (χ1v) is 8.24. The number of aliphatic carboxylic acids is 1. The molecule has 21 heteroatoms. The average molecular weight is 580 g/mol. The van der Waals surface area contributed by atoms with Gasteiger partial charge in [-0.2, -0.15) is 74.6 Å². The summed E-state index contributed by atoms with van der Waals surface area (Å²) in [5.41, 5.74) is 0.176. The lowest BCUT2D eigenvalue weighted by molar-refractivity contribution is -0.462. The van der Waals surface area contributed by atoms with Gasteiger partial charge in [0.05, 0.1) is 12.7 Å². The van der Waals surface area contributed by atoms with Gasteiger partial charge in [-0.05, 0) is 6.92 Å². The van der Waals surface area contributed by atoms with Crippen molar-refractivity contribution in [2.75, 3.05) is 6.61 Å². The Hall–Kier alpha value is -2.06. The van der Waals surface area contributed by atoms with Crippen molar-refractivity contribution in [3.8, 4) is 0 Å². The van der Waals surface area contributed by atoms with Crippen molar-refractivity contribution in [3.05, 3.63) is 12.2 Å². The Kier molecular flexibility index (Phi) is 10.4. The van der Waals surface area contributed by atoms with Crippen LogP contribution in [0.15, 0.2) is 12.2 Å². The Balaban J connectivity index is 0. The maximum atomic E-state index is 13.3. The maximum absolute atomic E-state index is 13.3. The number of alkyl halides is 17. The van der Waals surface area contributed by atoms with Crippen LogP contribution in [-0.2, 0) is 4.79 Å². The number of aliphatic hydroxyl groups excluding tert-OH is 2. The van der Waals surface area contributed by atoms with Crippen LogP contribution in [0.25, 0.3) is 0 Å². The number of hydrogen-bond donors (Lipinski definition) is 3. The molecule has 216 valence electrons. The molecule has 0 heterocycles. The number of hydrogen-bond acceptors (Lipinski definition) is 3. The van der Waals surface area contributed by atoms with Gasteiger partial charge < -0.3 is 15.3 Å². The Bertz CT molecular complexity index is 775. The molecule has 0 fully saturated rings. The molecule has 0 saturated heterocycles. The van der Waals surface area contributed by atoms with Gasteiger partial charge in [0.15, 0.2) is 0 Å². The first kappa shape index (κ1) is 36.1. The molecule has 0 aliphatic rings. The van der Waals surface area contributed by atoms with Gasteiger partial charge >= 0.3 is 53.6 Å². The largest absolute Gasteiger partial charge is 0.478 e. The van der Waals surface area contributed by atoms with Gasteiger partial charge in [-0.25, -0.2) is 4.79 Å². The lowest BCUT2D eigenvalue weighted by Gasteiger charge is -2.43. The molecule has 0 aliphatic heterocycles. The number of carboxylic acid groups (broad SMARTS) is 1. The summed E-state index contributed by atoms with van der Waals surface area (Å²) in [4.78, 5) is 9.60. The van der Waals surface area contributed by atoms with Gasteiger partial charge in [-0.1, -0.05) is 6.58 Å². The van der Waals surface area contributed by atoms with E-state index in [-0.39, 0.29) is 5.57 Å². The number of aliphatic hydroxyl groups is 2. The Morgan fingerprint density at radius 1 is 0.667 bits per heavy atom. The summed E-state index contributed by atoms with van der Waals surface area (Å²) in [6.07, 6.45) is -14.0. The van der Waals surface area contributed by atoms with Crippen LogP contribution in [0.2, 0.25) is 0 Å². The minimum atomic E-state index is -8.68. The fourth-order valence-electron chi connectivity index (χ4n) is 1.69. The molecule has 0 aromatic heterocycles. The third-order valence-electron chi connectivity index (χ3n) is 3.85. The second kappa shape index (κ2) is 10.4. The molecule has 36 heavy (non-hydrogen) atoms. The predicted molar refractivity (Wildman–Crippen MR) is 80.8 cm³/mol. The number of carbonyl (C=O) groups is 1. The SMILES string of the molecule is C=C(C)C(=O)O.OCC(O)CC(F)(F)C(F)(F)C(F)(F)C(F)(F)C(F)(F)C(F)(F)C(F)(F)C(F)(F)F. The number of rotatable bonds is 10. The summed E-state index contributed by atoms with van der Waals surface area (Å²) in [7, 11) is 0. The van der Waals surface area contributed by atoms with Crippen molar-refractivity contribution in [1.29, 1.82) is 0 Å². The zero-order valence-electron chi connectivity index (χ0n) is 16.9. The monoisotopic (exact) mass is 580 g/mol. The number of carboxylic acids is 1. The van der Waals surface area contributed by atoms with Crippen LogP contribution < -0.4 is 0 Å². The molecule has 0 rings (SSSR count). The van der Waals surface area contributed by atoms with Crippen LogP contribution in [0.4, 0.5) is 74.6 Å². The van der Waals surface area contributed by atoms with E-state index >= 15 is 0 Å². The third kappa shape index (κ3) is 5.91. The van der Waals surface area contributed by atoms with Crippen LogP contribution in [0.5, 0.6) is 0 Å². The molecule has 1 unspecified atom stereocenters. The van der Waals surface area contributed by atoms with E-state index in [0.29, 0.717) is 0 Å². The molecule has 4 nitrogen and oxygen atoms in total. The van der Waals surface area contributed by atoms with Crippen LogP contribution in [0.3, 0.4) is 0 Å². The minimum absolute atomic E-state index is 0.176. The first-order valence-electron chi connectivity index (χ1n) is 8.24. The average Bonchev–Trinajstić information content (AvgIpc) is 2.65. The smallest absolute Gasteiger partial charge is 0.460 e. The van der Waals surface area contributed by atoms with E-state index < -0.39 is 72.7 Å². The molecule has 0 aliphatic carbocycles. The fraction of sp³-hybridized carbons (Fsp3) is 0.800. The molecule has 0 saturated carbocycles. The predicted octanol–water partition coefficient (Wildman–Crippen LogP) is 5.39. The second-order valence-corrected chi connectivity index (χ2v) is 6.77. The standard InChI is InChI=1S/C11H7F17O2.C4H6O2/c12-4(13,1-3(30)2-29)5(14,15)6(16,17)7(18,19)8(20,21)9(22,23)10(24,25)11(26,27)28;1-3(2)4(5)6/h3,29-30H,1-2H2;1H2,2H3,(H,5,6). The van der Waals surface area contributed by atoms with E-state index in [0.717, 1.165) is 0 Å². The van der Waals surface area contributed by atoms with Crippen LogP contribution in [-0.4, -0.2) is 81.6 Å². The van der Waals surface area contributed by atoms with Crippen molar-refractivity contribution < 1.29 is 94.8 Å². The van der Waals surface area contributed by atoms with Crippen molar-refractivity contribution in [1.82, 2.24) is 0 Å². The molecule has 0 radical (unpaired) electrons. The normalized spacial score (nSPS) is 15.7. The molecule has 3 N–H and O–H groups in total. The summed E-state index contributed by atoms with van der Waals surface area (Å²) in [5, 5.41) is 24.6. The van der Waals surface area contributed by atoms with Gasteiger partial charge in [0.1, 0.15) is 0 Å². The van der Waals surface area contributed by atoms with E-state index in [2.05, 4.69) is 6.58 Å².